The van der Waals surface area contributed by atoms with E-state index in [1.165, 1.54) is 5.69 Å². The molecule has 0 heterocycles. The van der Waals surface area contributed by atoms with E-state index in [2.05, 4.69) is 29.3 Å². The zero-order chi connectivity index (χ0) is 12.0. The maximum Gasteiger partial charge on any atom is 0.0627 e. The molecule has 3 heteroatoms. The van der Waals surface area contributed by atoms with Crippen LogP contribution in [0.4, 0.5) is 5.69 Å². The summed E-state index contributed by atoms with van der Waals surface area (Å²) >= 11 is 0. The van der Waals surface area contributed by atoms with E-state index in [0.717, 1.165) is 13.1 Å². The molecule has 3 nitrogen and oxygen atoms in total. The lowest BCUT2D eigenvalue weighted by Crippen LogP contribution is -2.52. The summed E-state index contributed by atoms with van der Waals surface area (Å²) < 4.78 is 0. The van der Waals surface area contributed by atoms with Crippen LogP contribution < -0.4 is 10.2 Å². The van der Waals surface area contributed by atoms with Crippen molar-refractivity contribution in [2.24, 2.45) is 0 Å². The number of hydrogen-bond donors (Lipinski definition) is 2. The third-order valence-corrected chi connectivity index (χ3v) is 3.00. The molecule has 0 bridgehead atoms. The number of hydrogen-bond acceptors (Lipinski definition) is 3. The van der Waals surface area contributed by atoms with E-state index < -0.39 is 0 Å². The van der Waals surface area contributed by atoms with E-state index in [0.29, 0.717) is 0 Å². The number of aliphatic hydroxyl groups is 1. The Kier molecular flexibility index (Phi) is 4.77. The van der Waals surface area contributed by atoms with Crippen LogP contribution in [0.1, 0.15) is 13.8 Å². The number of nitrogens with zero attached hydrogens (tertiary/aromatic N) is 1. The molecule has 0 aliphatic rings. The number of rotatable bonds is 6. The predicted octanol–water partition coefficient (Wildman–Crippen LogP) is 1.48. The van der Waals surface area contributed by atoms with Gasteiger partial charge in [0, 0.05) is 18.8 Å². The lowest BCUT2D eigenvalue weighted by atomic mass is 10.0. The first kappa shape index (κ1) is 13.0. The highest BCUT2D eigenvalue weighted by Crippen LogP contribution is 2.16. The average Bonchev–Trinajstić information content (AvgIpc) is 2.36. The molecule has 0 radical (unpaired) electrons. The Balaban J connectivity index is 2.77. The Morgan fingerprint density at radius 2 is 1.94 bits per heavy atom. The van der Waals surface area contributed by atoms with Crippen LogP contribution in [0.25, 0.3) is 0 Å². The predicted molar refractivity (Wildman–Crippen MR) is 68.9 cm³/mol. The number of aliphatic hydroxyl groups excluding tert-OH is 1. The van der Waals surface area contributed by atoms with Crippen molar-refractivity contribution in [3.63, 3.8) is 0 Å². The van der Waals surface area contributed by atoms with E-state index in [4.69, 9.17) is 0 Å². The van der Waals surface area contributed by atoms with Crippen molar-refractivity contribution in [3.8, 4) is 0 Å². The summed E-state index contributed by atoms with van der Waals surface area (Å²) in [5.41, 5.74) is 0.936. The molecule has 0 fully saturated rings. The van der Waals surface area contributed by atoms with Gasteiger partial charge in [-0.2, -0.15) is 0 Å². The minimum Gasteiger partial charge on any atom is -0.394 e. The smallest absolute Gasteiger partial charge is 0.0627 e. The van der Waals surface area contributed by atoms with Gasteiger partial charge in [0.05, 0.1) is 12.1 Å². The van der Waals surface area contributed by atoms with Gasteiger partial charge < -0.3 is 15.3 Å². The summed E-state index contributed by atoms with van der Waals surface area (Å²) in [6, 6.07) is 10.3. The van der Waals surface area contributed by atoms with E-state index in [1.54, 1.807) is 0 Å². The summed E-state index contributed by atoms with van der Waals surface area (Å²) in [7, 11) is 1.88. The van der Waals surface area contributed by atoms with Crippen molar-refractivity contribution in [1.82, 2.24) is 5.32 Å². The Hall–Kier alpha value is -1.06. The summed E-state index contributed by atoms with van der Waals surface area (Å²) in [5, 5.41) is 12.6. The third-order valence-electron chi connectivity index (χ3n) is 3.00. The Bertz CT molecular complexity index is 296. The fourth-order valence-electron chi connectivity index (χ4n) is 1.65. The van der Waals surface area contributed by atoms with Crippen LogP contribution in [0.3, 0.4) is 0 Å². The monoisotopic (exact) mass is 222 g/mol. The molecule has 1 rings (SSSR count). The van der Waals surface area contributed by atoms with Crippen molar-refractivity contribution >= 4 is 5.69 Å². The molecule has 0 amide bonds. The second kappa shape index (κ2) is 5.87. The van der Waals surface area contributed by atoms with Gasteiger partial charge in [0.2, 0.25) is 0 Å². The second-order valence-electron chi connectivity index (χ2n) is 4.32. The lowest BCUT2D eigenvalue weighted by Gasteiger charge is -2.34. The van der Waals surface area contributed by atoms with Crippen molar-refractivity contribution in [1.29, 1.82) is 0 Å². The van der Waals surface area contributed by atoms with Crippen LogP contribution in [-0.2, 0) is 0 Å². The molecule has 1 atom stereocenters. The fraction of sp³-hybridized carbons (Fsp3) is 0.538. The summed E-state index contributed by atoms with van der Waals surface area (Å²) in [4.78, 5) is 2.26. The number of nitrogens with one attached hydrogen (secondary N) is 1. The maximum absolute atomic E-state index is 9.39. The second-order valence-corrected chi connectivity index (χ2v) is 4.32. The average molecular weight is 222 g/mol. The van der Waals surface area contributed by atoms with Crippen molar-refractivity contribution in [2.45, 2.75) is 19.4 Å². The van der Waals surface area contributed by atoms with Gasteiger partial charge in [-0.05, 0) is 33.0 Å². The van der Waals surface area contributed by atoms with Crippen LogP contribution in [0.2, 0.25) is 0 Å². The molecule has 1 aromatic carbocycles. The zero-order valence-electron chi connectivity index (χ0n) is 10.4. The summed E-state index contributed by atoms with van der Waals surface area (Å²) in [6.07, 6.45) is 0. The largest absolute Gasteiger partial charge is 0.394 e. The fourth-order valence-corrected chi connectivity index (χ4v) is 1.65. The third kappa shape index (κ3) is 3.22. The van der Waals surface area contributed by atoms with Gasteiger partial charge in [-0.3, -0.25) is 0 Å². The minimum atomic E-state index is -0.258. The molecule has 0 saturated heterocycles. The molecular weight excluding hydrogens is 200 g/mol. The van der Waals surface area contributed by atoms with Crippen molar-refractivity contribution in [3.05, 3.63) is 30.3 Å². The first-order valence-electron chi connectivity index (χ1n) is 5.75. The van der Waals surface area contributed by atoms with Gasteiger partial charge in [0.1, 0.15) is 0 Å². The van der Waals surface area contributed by atoms with Gasteiger partial charge in [-0.25, -0.2) is 0 Å². The van der Waals surface area contributed by atoms with Gasteiger partial charge in [-0.15, -0.1) is 0 Å². The molecule has 16 heavy (non-hydrogen) atoms. The van der Waals surface area contributed by atoms with E-state index in [-0.39, 0.29) is 12.1 Å². The van der Waals surface area contributed by atoms with E-state index in [9.17, 15) is 5.11 Å². The number of likely N-dealkylation sites (N-methyl/N-ethyl adjacent to an activating group) is 2. The van der Waals surface area contributed by atoms with Crippen LogP contribution in [0, 0.1) is 0 Å². The van der Waals surface area contributed by atoms with Gasteiger partial charge >= 0.3 is 0 Å². The highest BCUT2D eigenvalue weighted by molar-refractivity contribution is 5.46. The molecule has 90 valence electrons. The van der Waals surface area contributed by atoms with Gasteiger partial charge in [-0.1, -0.05) is 18.2 Å². The molecule has 1 unspecified atom stereocenters. The molecular formula is C13H22N2O. The Labute approximate surface area is 98.1 Å². The normalized spacial score (nSPS) is 14.5. The molecule has 0 aliphatic carbocycles. The Morgan fingerprint density at radius 1 is 1.31 bits per heavy atom. The first-order chi connectivity index (χ1) is 7.65. The minimum absolute atomic E-state index is 0.132. The first-order valence-corrected chi connectivity index (χ1v) is 5.75. The van der Waals surface area contributed by atoms with Crippen LogP contribution in [-0.4, -0.2) is 37.4 Å². The lowest BCUT2D eigenvalue weighted by molar-refractivity contribution is 0.186. The van der Waals surface area contributed by atoms with Crippen LogP contribution in [0.5, 0.6) is 0 Å². The molecule has 0 saturated carbocycles. The zero-order valence-corrected chi connectivity index (χ0v) is 10.4. The van der Waals surface area contributed by atoms with Gasteiger partial charge in [0.25, 0.3) is 0 Å². The van der Waals surface area contributed by atoms with Gasteiger partial charge in [0.15, 0.2) is 0 Å². The van der Waals surface area contributed by atoms with Crippen molar-refractivity contribution in [2.75, 3.05) is 31.6 Å². The number of para-hydroxylation sites is 1. The van der Waals surface area contributed by atoms with E-state index in [1.807, 2.05) is 32.2 Å². The molecule has 2 N–H and O–H groups in total. The maximum atomic E-state index is 9.39. The SMILES string of the molecule is CCN(CC(C)(CO)NC)c1ccccc1. The van der Waals surface area contributed by atoms with Crippen LogP contribution in [0.15, 0.2) is 30.3 Å². The summed E-state index contributed by atoms with van der Waals surface area (Å²) in [5.74, 6) is 0. The highest BCUT2D eigenvalue weighted by atomic mass is 16.3. The standard InChI is InChI=1S/C13H22N2O/c1-4-15(10-13(2,11-16)14-3)12-8-6-5-7-9-12/h5-9,14,16H,4,10-11H2,1-3H3. The Morgan fingerprint density at radius 3 is 2.38 bits per heavy atom. The quantitative estimate of drug-likeness (QED) is 0.765. The molecule has 0 spiro atoms. The molecule has 0 aromatic heterocycles. The summed E-state index contributed by atoms with van der Waals surface area (Å²) in [6.45, 7) is 6.01. The van der Waals surface area contributed by atoms with E-state index >= 15 is 0 Å². The van der Waals surface area contributed by atoms with Crippen molar-refractivity contribution < 1.29 is 5.11 Å². The van der Waals surface area contributed by atoms with Crippen LogP contribution >= 0.6 is 0 Å². The topological polar surface area (TPSA) is 35.5 Å². The molecule has 1 aromatic rings. The number of benzene rings is 1. The number of anilines is 1. The molecule has 0 aliphatic heterocycles. The highest BCUT2D eigenvalue weighted by Gasteiger charge is 2.23.